The van der Waals surface area contributed by atoms with Crippen molar-refractivity contribution in [1.82, 2.24) is 0 Å². The summed E-state index contributed by atoms with van der Waals surface area (Å²) >= 11 is 0. The van der Waals surface area contributed by atoms with E-state index < -0.39 is 6.09 Å². The number of amides is 1. The number of aryl methyl sites for hydroxylation is 1. The molecule has 3 nitrogen and oxygen atoms in total. The van der Waals surface area contributed by atoms with Crippen molar-refractivity contribution in [3.63, 3.8) is 0 Å². The van der Waals surface area contributed by atoms with Crippen molar-refractivity contribution in [2.24, 2.45) is 4.99 Å². The quantitative estimate of drug-likeness (QED) is 0.644. The number of benzene rings is 1. The van der Waals surface area contributed by atoms with Gasteiger partial charge in [-0.1, -0.05) is 29.8 Å². The first kappa shape index (κ1) is 8.46. The molecule has 0 bridgehead atoms. The van der Waals surface area contributed by atoms with E-state index in [4.69, 9.17) is 5.11 Å². The van der Waals surface area contributed by atoms with E-state index >= 15 is 0 Å². The molecule has 1 N–H and O–H groups in total. The van der Waals surface area contributed by atoms with E-state index in [1.54, 1.807) is 0 Å². The van der Waals surface area contributed by atoms with Gasteiger partial charge in [0.1, 0.15) is 0 Å². The molecule has 0 saturated heterocycles. The van der Waals surface area contributed by atoms with E-state index in [-0.39, 0.29) is 0 Å². The molecule has 1 aromatic rings. The summed E-state index contributed by atoms with van der Waals surface area (Å²) in [5.41, 5.74) is 1.94. The molecule has 0 aliphatic rings. The highest BCUT2D eigenvalue weighted by Gasteiger charge is 1.89. The number of nitrogens with zero attached hydrogens (tertiary/aromatic N) is 1. The van der Waals surface area contributed by atoms with Crippen LogP contribution in [0.25, 0.3) is 0 Å². The van der Waals surface area contributed by atoms with Crippen LogP contribution in [0.3, 0.4) is 0 Å². The average Bonchev–Trinajstić information content (AvgIpc) is 2.03. The molecule has 1 aromatic carbocycles. The minimum absolute atomic E-state index is 0.794. The van der Waals surface area contributed by atoms with Gasteiger partial charge in [-0.15, -0.1) is 0 Å². The van der Waals surface area contributed by atoms with E-state index in [1.165, 1.54) is 6.21 Å². The van der Waals surface area contributed by atoms with Gasteiger partial charge in [-0.05, 0) is 12.5 Å². The monoisotopic (exact) mass is 163 g/mol. The number of hydrogen-bond donors (Lipinski definition) is 1. The number of carbonyl (C=O) groups is 1. The SMILES string of the molecule is Cc1ccc(C=NC(=O)O)cc1. The predicted molar refractivity (Wildman–Crippen MR) is 46.8 cm³/mol. The standard InChI is InChI=1S/C9H9NO2/c1-7-2-4-8(5-3-7)6-10-9(11)12/h2-6H,1H3,(H,11,12). The molecular weight excluding hydrogens is 154 g/mol. The van der Waals surface area contributed by atoms with Gasteiger partial charge in [0.15, 0.2) is 0 Å². The molecule has 0 unspecified atom stereocenters. The summed E-state index contributed by atoms with van der Waals surface area (Å²) in [6.45, 7) is 1.97. The van der Waals surface area contributed by atoms with Crippen LogP contribution in [-0.4, -0.2) is 17.4 Å². The van der Waals surface area contributed by atoms with Gasteiger partial charge in [0, 0.05) is 6.21 Å². The second-order valence-corrected chi connectivity index (χ2v) is 2.45. The van der Waals surface area contributed by atoms with Gasteiger partial charge in [-0.25, -0.2) is 4.79 Å². The normalized spacial score (nSPS) is 10.4. The van der Waals surface area contributed by atoms with Crippen LogP contribution in [-0.2, 0) is 0 Å². The Morgan fingerprint density at radius 1 is 1.42 bits per heavy atom. The highest BCUT2D eigenvalue weighted by Crippen LogP contribution is 1.99. The van der Waals surface area contributed by atoms with Gasteiger partial charge in [-0.3, -0.25) is 0 Å². The Morgan fingerprint density at radius 3 is 2.50 bits per heavy atom. The number of hydrogen-bond acceptors (Lipinski definition) is 1. The molecule has 0 spiro atoms. The zero-order valence-corrected chi connectivity index (χ0v) is 6.69. The Hall–Kier alpha value is -1.64. The number of aliphatic imine (C=N–C) groups is 1. The molecule has 0 atom stereocenters. The van der Waals surface area contributed by atoms with Crippen LogP contribution in [0.1, 0.15) is 11.1 Å². The summed E-state index contributed by atoms with van der Waals surface area (Å²) in [7, 11) is 0. The molecule has 0 heterocycles. The fraction of sp³-hybridized carbons (Fsp3) is 0.111. The molecule has 62 valence electrons. The Labute approximate surface area is 70.4 Å². The zero-order chi connectivity index (χ0) is 8.97. The van der Waals surface area contributed by atoms with E-state index in [0.717, 1.165) is 11.1 Å². The lowest BCUT2D eigenvalue weighted by Gasteiger charge is -1.92. The number of carboxylic acid groups (broad SMARTS) is 1. The summed E-state index contributed by atoms with van der Waals surface area (Å²) in [4.78, 5) is 13.3. The van der Waals surface area contributed by atoms with Crippen LogP contribution in [0, 0.1) is 6.92 Å². The molecule has 1 rings (SSSR count). The molecule has 0 aliphatic heterocycles. The summed E-state index contributed by atoms with van der Waals surface area (Å²) in [6, 6.07) is 7.45. The molecule has 0 saturated carbocycles. The minimum Gasteiger partial charge on any atom is -0.463 e. The summed E-state index contributed by atoms with van der Waals surface area (Å²) in [5.74, 6) is 0. The first-order chi connectivity index (χ1) is 5.68. The minimum atomic E-state index is -1.17. The van der Waals surface area contributed by atoms with Gasteiger partial charge in [0.05, 0.1) is 0 Å². The fourth-order valence-electron chi connectivity index (χ4n) is 0.782. The molecule has 0 radical (unpaired) electrons. The van der Waals surface area contributed by atoms with Crippen molar-refractivity contribution in [2.75, 3.05) is 0 Å². The third-order valence-electron chi connectivity index (χ3n) is 1.40. The topological polar surface area (TPSA) is 49.7 Å². The Morgan fingerprint density at radius 2 is 2.00 bits per heavy atom. The van der Waals surface area contributed by atoms with Crippen molar-refractivity contribution in [3.05, 3.63) is 35.4 Å². The Kier molecular flexibility index (Phi) is 2.58. The smallest absolute Gasteiger partial charge is 0.431 e. The highest BCUT2D eigenvalue weighted by molar-refractivity contribution is 5.88. The second kappa shape index (κ2) is 3.67. The molecule has 0 aliphatic carbocycles. The molecule has 1 amide bonds. The maximum Gasteiger partial charge on any atom is 0.431 e. The fourth-order valence-corrected chi connectivity index (χ4v) is 0.782. The van der Waals surface area contributed by atoms with Gasteiger partial charge >= 0.3 is 6.09 Å². The summed E-state index contributed by atoms with van der Waals surface area (Å²) < 4.78 is 0. The molecule has 0 fully saturated rings. The third kappa shape index (κ3) is 2.54. The average molecular weight is 163 g/mol. The van der Waals surface area contributed by atoms with Crippen molar-refractivity contribution < 1.29 is 9.90 Å². The third-order valence-corrected chi connectivity index (χ3v) is 1.40. The van der Waals surface area contributed by atoms with Gasteiger partial charge in [-0.2, -0.15) is 4.99 Å². The van der Waals surface area contributed by atoms with E-state index in [9.17, 15) is 4.79 Å². The van der Waals surface area contributed by atoms with Crippen molar-refractivity contribution in [1.29, 1.82) is 0 Å². The Bertz CT molecular complexity index is 301. The van der Waals surface area contributed by atoms with E-state index in [2.05, 4.69) is 4.99 Å². The first-order valence-electron chi connectivity index (χ1n) is 3.52. The van der Waals surface area contributed by atoms with Crippen molar-refractivity contribution >= 4 is 12.3 Å². The lowest BCUT2D eigenvalue weighted by atomic mass is 10.2. The van der Waals surface area contributed by atoms with Crippen LogP contribution in [0.4, 0.5) is 4.79 Å². The molecule has 0 aromatic heterocycles. The maximum absolute atomic E-state index is 10.0. The Balaban J connectivity index is 2.77. The zero-order valence-electron chi connectivity index (χ0n) is 6.69. The lowest BCUT2D eigenvalue weighted by Crippen LogP contribution is -1.87. The maximum atomic E-state index is 10.0. The van der Waals surface area contributed by atoms with E-state index in [1.807, 2.05) is 31.2 Å². The van der Waals surface area contributed by atoms with Crippen molar-refractivity contribution in [3.8, 4) is 0 Å². The largest absolute Gasteiger partial charge is 0.463 e. The van der Waals surface area contributed by atoms with E-state index in [0.29, 0.717) is 0 Å². The summed E-state index contributed by atoms with van der Waals surface area (Å²) in [5, 5.41) is 8.23. The van der Waals surface area contributed by atoms with Gasteiger partial charge < -0.3 is 5.11 Å². The van der Waals surface area contributed by atoms with Crippen LogP contribution >= 0.6 is 0 Å². The number of rotatable bonds is 1. The van der Waals surface area contributed by atoms with Crippen LogP contribution in [0.2, 0.25) is 0 Å². The van der Waals surface area contributed by atoms with Crippen molar-refractivity contribution in [2.45, 2.75) is 6.92 Å². The van der Waals surface area contributed by atoms with Gasteiger partial charge in [0.25, 0.3) is 0 Å². The molecule has 12 heavy (non-hydrogen) atoms. The molecule has 3 heteroatoms. The van der Waals surface area contributed by atoms with Crippen LogP contribution < -0.4 is 0 Å². The second-order valence-electron chi connectivity index (χ2n) is 2.45. The first-order valence-corrected chi connectivity index (χ1v) is 3.52. The summed E-state index contributed by atoms with van der Waals surface area (Å²) in [6.07, 6.45) is 0.150. The molecular formula is C9H9NO2. The predicted octanol–water partition coefficient (Wildman–Crippen LogP) is 2.09. The van der Waals surface area contributed by atoms with Gasteiger partial charge in [0.2, 0.25) is 0 Å². The van der Waals surface area contributed by atoms with Crippen LogP contribution in [0.5, 0.6) is 0 Å². The van der Waals surface area contributed by atoms with Crippen LogP contribution in [0.15, 0.2) is 29.3 Å². The highest BCUT2D eigenvalue weighted by atomic mass is 16.4. The lowest BCUT2D eigenvalue weighted by molar-refractivity contribution is 0.206.